The van der Waals surface area contributed by atoms with Crippen molar-refractivity contribution in [1.82, 2.24) is 5.32 Å². The summed E-state index contributed by atoms with van der Waals surface area (Å²) in [5.41, 5.74) is 6.61. The molecule has 0 aliphatic heterocycles. The van der Waals surface area contributed by atoms with Crippen molar-refractivity contribution in [2.24, 2.45) is 11.7 Å². The van der Waals surface area contributed by atoms with Gasteiger partial charge < -0.3 is 11.1 Å². The average molecular weight is 357 g/mol. The third-order valence-electron chi connectivity index (χ3n) is 4.17. The van der Waals surface area contributed by atoms with Crippen molar-refractivity contribution < 1.29 is 9.18 Å². The topological polar surface area (TPSA) is 55.1 Å². The molecular weight excluding hydrogens is 335 g/mol. The smallest absolute Gasteiger partial charge is 0.224 e. The Morgan fingerprint density at radius 3 is 2.71 bits per heavy atom. The molecule has 1 aliphatic rings. The van der Waals surface area contributed by atoms with Crippen LogP contribution in [0.3, 0.4) is 0 Å². The third-order valence-corrected chi connectivity index (χ3v) is 4.78. The molecule has 1 saturated carbocycles. The zero-order chi connectivity index (χ0) is 15.2. The molecule has 0 saturated heterocycles. The molecule has 2 rings (SSSR count). The van der Waals surface area contributed by atoms with Crippen molar-refractivity contribution in [2.45, 2.75) is 44.6 Å². The largest absolute Gasteiger partial charge is 0.352 e. The highest BCUT2D eigenvalue weighted by Crippen LogP contribution is 2.26. The number of carbonyl (C=O) groups excluding carboxylic acids is 1. The van der Waals surface area contributed by atoms with E-state index in [1.165, 1.54) is 25.3 Å². The van der Waals surface area contributed by atoms with Crippen molar-refractivity contribution in [1.29, 1.82) is 0 Å². The highest BCUT2D eigenvalue weighted by Gasteiger charge is 2.23. The number of amides is 1. The summed E-state index contributed by atoms with van der Waals surface area (Å²) in [5, 5.41) is 3.05. The highest BCUT2D eigenvalue weighted by molar-refractivity contribution is 9.10. The molecule has 1 aromatic rings. The maximum absolute atomic E-state index is 13.2. The predicted molar refractivity (Wildman–Crippen MR) is 85.4 cm³/mol. The van der Waals surface area contributed by atoms with E-state index >= 15 is 0 Å². The van der Waals surface area contributed by atoms with Crippen LogP contribution in [0.5, 0.6) is 0 Å². The standard InChI is InChI=1S/C16H22BrFN2O/c17-13-8-11(6-7-14(13)18)9-16(21)20-15(10-19)12-4-2-1-3-5-12/h6-8,12,15H,1-5,9-10,19H2,(H,20,21). The summed E-state index contributed by atoms with van der Waals surface area (Å²) in [7, 11) is 0. The van der Waals surface area contributed by atoms with Gasteiger partial charge in [-0.15, -0.1) is 0 Å². The summed E-state index contributed by atoms with van der Waals surface area (Å²) in [4.78, 5) is 12.1. The molecule has 1 amide bonds. The van der Waals surface area contributed by atoms with Crippen LogP contribution in [-0.2, 0) is 11.2 Å². The zero-order valence-corrected chi connectivity index (χ0v) is 13.7. The third kappa shape index (κ3) is 4.78. The van der Waals surface area contributed by atoms with Crippen LogP contribution in [0, 0.1) is 11.7 Å². The maximum atomic E-state index is 13.2. The van der Waals surface area contributed by atoms with E-state index in [1.807, 2.05) is 0 Å². The lowest BCUT2D eigenvalue weighted by Crippen LogP contribution is -2.46. The van der Waals surface area contributed by atoms with Crippen molar-refractivity contribution in [3.05, 3.63) is 34.1 Å². The van der Waals surface area contributed by atoms with Crippen LogP contribution in [0.1, 0.15) is 37.7 Å². The number of carbonyl (C=O) groups is 1. The Morgan fingerprint density at radius 2 is 2.10 bits per heavy atom. The fourth-order valence-electron chi connectivity index (χ4n) is 3.00. The summed E-state index contributed by atoms with van der Waals surface area (Å²) in [6, 6.07) is 4.71. The van der Waals surface area contributed by atoms with Crippen LogP contribution in [-0.4, -0.2) is 18.5 Å². The molecular formula is C16H22BrFN2O. The van der Waals surface area contributed by atoms with E-state index < -0.39 is 0 Å². The zero-order valence-electron chi connectivity index (χ0n) is 12.1. The minimum atomic E-state index is -0.318. The van der Waals surface area contributed by atoms with Crippen molar-refractivity contribution in [3.63, 3.8) is 0 Å². The fraction of sp³-hybridized carbons (Fsp3) is 0.562. The van der Waals surface area contributed by atoms with E-state index in [4.69, 9.17) is 5.73 Å². The van der Waals surface area contributed by atoms with Gasteiger partial charge in [0.1, 0.15) is 5.82 Å². The van der Waals surface area contributed by atoms with Crippen LogP contribution in [0.2, 0.25) is 0 Å². The number of nitrogens with one attached hydrogen (secondary N) is 1. The molecule has 1 aromatic carbocycles. The molecule has 1 unspecified atom stereocenters. The van der Waals surface area contributed by atoms with Gasteiger partial charge in [0.25, 0.3) is 0 Å². The van der Waals surface area contributed by atoms with Gasteiger partial charge >= 0.3 is 0 Å². The van der Waals surface area contributed by atoms with Gasteiger partial charge in [-0.25, -0.2) is 4.39 Å². The molecule has 0 heterocycles. The summed E-state index contributed by atoms with van der Waals surface area (Å²) in [6.07, 6.45) is 6.27. The maximum Gasteiger partial charge on any atom is 0.224 e. The number of hydrogen-bond donors (Lipinski definition) is 2. The summed E-state index contributed by atoms with van der Waals surface area (Å²) in [5.74, 6) is 0.128. The average Bonchev–Trinajstić information content (AvgIpc) is 2.49. The first-order chi connectivity index (χ1) is 10.1. The first-order valence-electron chi connectivity index (χ1n) is 7.53. The first-order valence-corrected chi connectivity index (χ1v) is 8.33. The van der Waals surface area contributed by atoms with E-state index in [2.05, 4.69) is 21.2 Å². The highest BCUT2D eigenvalue weighted by atomic mass is 79.9. The van der Waals surface area contributed by atoms with Crippen LogP contribution in [0.4, 0.5) is 4.39 Å². The second-order valence-corrected chi connectivity index (χ2v) is 6.59. The van der Waals surface area contributed by atoms with E-state index in [9.17, 15) is 9.18 Å². The quantitative estimate of drug-likeness (QED) is 0.851. The Morgan fingerprint density at radius 1 is 1.38 bits per heavy atom. The molecule has 1 atom stereocenters. The Bertz CT molecular complexity index is 489. The van der Waals surface area contributed by atoms with Crippen LogP contribution in [0.15, 0.2) is 22.7 Å². The molecule has 5 heteroatoms. The van der Waals surface area contributed by atoms with Gasteiger partial charge in [-0.2, -0.15) is 0 Å². The van der Waals surface area contributed by atoms with Crippen molar-refractivity contribution in [2.75, 3.05) is 6.54 Å². The summed E-state index contributed by atoms with van der Waals surface area (Å²) >= 11 is 3.14. The van der Waals surface area contributed by atoms with Crippen molar-refractivity contribution in [3.8, 4) is 0 Å². The lowest BCUT2D eigenvalue weighted by molar-refractivity contribution is -0.121. The van der Waals surface area contributed by atoms with E-state index in [0.29, 0.717) is 16.9 Å². The monoisotopic (exact) mass is 356 g/mol. The fourth-order valence-corrected chi connectivity index (χ4v) is 3.42. The molecule has 0 bridgehead atoms. The molecule has 3 nitrogen and oxygen atoms in total. The molecule has 0 aromatic heterocycles. The molecule has 3 N–H and O–H groups in total. The van der Waals surface area contributed by atoms with Crippen LogP contribution < -0.4 is 11.1 Å². The van der Waals surface area contributed by atoms with Gasteiger partial charge in [-0.1, -0.05) is 25.3 Å². The molecule has 0 spiro atoms. The Hall–Kier alpha value is -0.940. The van der Waals surface area contributed by atoms with Crippen LogP contribution in [0.25, 0.3) is 0 Å². The number of nitrogens with two attached hydrogens (primary N) is 1. The van der Waals surface area contributed by atoms with E-state index in [1.54, 1.807) is 12.1 Å². The normalized spacial score (nSPS) is 17.5. The van der Waals surface area contributed by atoms with Gasteiger partial charge in [-0.05, 0) is 52.4 Å². The summed E-state index contributed by atoms with van der Waals surface area (Å²) in [6.45, 7) is 0.476. The van der Waals surface area contributed by atoms with Gasteiger partial charge in [0.15, 0.2) is 0 Å². The van der Waals surface area contributed by atoms with Gasteiger partial charge in [0.05, 0.1) is 10.9 Å². The minimum Gasteiger partial charge on any atom is -0.352 e. The van der Waals surface area contributed by atoms with Gasteiger partial charge in [0.2, 0.25) is 5.91 Å². The van der Waals surface area contributed by atoms with Gasteiger partial charge in [-0.3, -0.25) is 4.79 Å². The molecule has 1 aliphatic carbocycles. The van der Waals surface area contributed by atoms with E-state index in [0.717, 1.165) is 18.4 Å². The first kappa shape index (κ1) is 16.4. The predicted octanol–water partition coefficient (Wildman–Crippen LogP) is 3.15. The Labute approximate surface area is 133 Å². The minimum absolute atomic E-state index is 0.0467. The van der Waals surface area contributed by atoms with Gasteiger partial charge in [0, 0.05) is 12.6 Å². The number of hydrogen-bond acceptors (Lipinski definition) is 2. The number of halogens is 2. The SMILES string of the molecule is NCC(NC(=O)Cc1ccc(F)c(Br)c1)C1CCCCC1. The molecule has 116 valence electrons. The molecule has 1 fully saturated rings. The molecule has 21 heavy (non-hydrogen) atoms. The lowest BCUT2D eigenvalue weighted by atomic mass is 9.84. The Kier molecular flexibility index (Phi) is 6.18. The Balaban J connectivity index is 1.91. The van der Waals surface area contributed by atoms with Crippen LogP contribution >= 0.6 is 15.9 Å². The van der Waals surface area contributed by atoms with E-state index in [-0.39, 0.29) is 24.2 Å². The van der Waals surface area contributed by atoms with Crippen molar-refractivity contribution >= 4 is 21.8 Å². The number of benzene rings is 1. The summed E-state index contributed by atoms with van der Waals surface area (Å²) < 4.78 is 13.6. The second-order valence-electron chi connectivity index (χ2n) is 5.73. The second kappa shape index (κ2) is 7.90. The number of rotatable bonds is 5. The molecule has 0 radical (unpaired) electrons. The lowest BCUT2D eigenvalue weighted by Gasteiger charge is -2.30.